The number of alkyl halides is 1. The zero-order chi connectivity index (χ0) is 43.6. The Morgan fingerprint density at radius 1 is 1.00 bits per heavy atom. The Hall–Kier alpha value is -3.56. The third-order valence-electron chi connectivity index (χ3n) is 13.3. The van der Waals surface area contributed by atoms with Crippen LogP contribution in [0.4, 0.5) is 9.18 Å². The molecule has 1 N–H and O–H groups in total. The fourth-order valence-corrected chi connectivity index (χ4v) is 9.84. The molecule has 0 bridgehead atoms. The number of ketones is 2. The highest BCUT2D eigenvalue weighted by atomic mass is 19.1. The minimum absolute atomic E-state index is 0.00843. The van der Waals surface area contributed by atoms with E-state index in [1.807, 2.05) is 62.3 Å². The number of aromatic nitrogens is 1. The molecule has 1 aromatic carbocycles. The van der Waals surface area contributed by atoms with Gasteiger partial charge in [0, 0.05) is 48.5 Å². The number of nitrogens with zero attached hydrogens (tertiary/aromatic N) is 3. The van der Waals surface area contributed by atoms with Gasteiger partial charge in [0.05, 0.1) is 29.4 Å². The SMILES string of the molecule is CC[C@H]1OC(=O)[C@@](C)(F)C(=O)[C@H](C)[C@@H](OC2O[C@H](C)C[C@H](N(C)C)[C@H]2O)[C@](C)(OC)C[C@@H](C)C(=O)[C@H](C)[C@H]2N(CCCCc3ccc4ccccc4n3)C(=O)O[C@]12CC. The first-order valence-corrected chi connectivity index (χ1v) is 21.3. The van der Waals surface area contributed by atoms with Gasteiger partial charge in [0.2, 0.25) is 0 Å². The van der Waals surface area contributed by atoms with Crippen molar-refractivity contribution in [1.29, 1.82) is 0 Å². The summed E-state index contributed by atoms with van der Waals surface area (Å²) < 4.78 is 47.9. The molecule has 5 rings (SSSR count). The Balaban J connectivity index is 1.50. The number of aryl methyl sites for hydroxylation is 1. The van der Waals surface area contributed by atoms with Gasteiger partial charge in [-0.05, 0) is 91.9 Å². The maximum atomic E-state index is 17.0. The molecule has 0 radical (unpaired) electrons. The number of aliphatic hydroxyl groups excluding tert-OH is 1. The molecule has 3 fully saturated rings. The minimum atomic E-state index is -3.17. The molecule has 2 aromatic rings. The van der Waals surface area contributed by atoms with Crippen LogP contribution in [-0.2, 0) is 44.5 Å². The van der Waals surface area contributed by atoms with Crippen molar-refractivity contribution in [1.82, 2.24) is 14.8 Å². The van der Waals surface area contributed by atoms with Crippen molar-refractivity contribution in [2.75, 3.05) is 27.7 Å². The molecule has 13 atom stereocenters. The number of unbranched alkanes of at least 4 members (excludes halogenated alkanes) is 1. The first kappa shape index (κ1) is 46.5. The number of amides is 1. The largest absolute Gasteiger partial charge is 0.455 e. The molecule has 4 heterocycles. The summed E-state index contributed by atoms with van der Waals surface area (Å²) in [5.74, 6) is -5.71. The highest BCUT2D eigenvalue weighted by Gasteiger charge is 2.63. The van der Waals surface area contributed by atoms with Crippen LogP contribution < -0.4 is 0 Å². The second-order valence-corrected chi connectivity index (χ2v) is 17.7. The smallest absolute Gasteiger partial charge is 0.410 e. The van der Waals surface area contributed by atoms with E-state index in [4.69, 9.17) is 28.7 Å². The summed E-state index contributed by atoms with van der Waals surface area (Å²) in [4.78, 5) is 65.3. The number of rotatable bonds is 11. The standard InChI is InChI=1S/C45H66FN3O10/c1-12-34-45(13-2)37(49(42(54)59-45)23-17-16-19-31-22-21-30-18-14-15-20-32(30)47-31)28(5)35(50)26(3)25-43(7,55-11)39(29(6)38(52)44(8,46)41(53)57-34)58-40-36(51)33(48(9)10)24-27(4)56-40/h14-15,18,20-22,26-29,33-34,36-37,39-40,51H,12-13,16-17,19,23-25H2,1-11H3/t26-,27-,28+,29+,33+,34-,36-,37-,39-,40?,43-,44+,45-/m1/s1. The third-order valence-corrected chi connectivity index (χ3v) is 13.3. The van der Waals surface area contributed by atoms with E-state index in [9.17, 15) is 24.3 Å². The van der Waals surface area contributed by atoms with Gasteiger partial charge in [-0.25, -0.2) is 14.0 Å². The van der Waals surface area contributed by atoms with Gasteiger partial charge in [-0.2, -0.15) is 0 Å². The number of hydrogen-bond acceptors (Lipinski definition) is 12. The van der Waals surface area contributed by atoms with E-state index in [1.165, 1.54) is 14.0 Å². The van der Waals surface area contributed by atoms with Gasteiger partial charge in [-0.1, -0.05) is 58.9 Å². The molecule has 1 aromatic heterocycles. The van der Waals surface area contributed by atoms with Crippen molar-refractivity contribution in [2.45, 2.75) is 160 Å². The van der Waals surface area contributed by atoms with Crippen LogP contribution in [0.25, 0.3) is 10.9 Å². The summed E-state index contributed by atoms with van der Waals surface area (Å²) in [7, 11) is 5.07. The lowest BCUT2D eigenvalue weighted by Crippen LogP contribution is -2.62. The van der Waals surface area contributed by atoms with Crippen LogP contribution in [0.1, 0.15) is 99.6 Å². The van der Waals surface area contributed by atoms with Crippen LogP contribution in [-0.4, -0.2) is 131 Å². The molecule has 1 unspecified atom stereocenters. The molecule has 14 heteroatoms. The summed E-state index contributed by atoms with van der Waals surface area (Å²) >= 11 is 0. The molecule has 0 aliphatic carbocycles. The lowest BCUT2D eigenvalue weighted by molar-refractivity contribution is -0.295. The normalized spacial score (nSPS) is 37.6. The Labute approximate surface area is 348 Å². The van der Waals surface area contributed by atoms with Gasteiger partial charge in [0.25, 0.3) is 5.67 Å². The van der Waals surface area contributed by atoms with Crippen LogP contribution in [0.2, 0.25) is 0 Å². The van der Waals surface area contributed by atoms with Crippen molar-refractivity contribution < 1.29 is 52.4 Å². The molecule has 0 spiro atoms. The second-order valence-electron chi connectivity index (χ2n) is 17.7. The number of pyridine rings is 1. The van der Waals surface area contributed by atoms with Crippen molar-refractivity contribution in [3.05, 3.63) is 42.1 Å². The molecule has 59 heavy (non-hydrogen) atoms. The van der Waals surface area contributed by atoms with Crippen LogP contribution >= 0.6 is 0 Å². The van der Waals surface area contributed by atoms with E-state index in [0.29, 0.717) is 25.7 Å². The summed E-state index contributed by atoms with van der Waals surface area (Å²) in [6, 6.07) is 10.7. The molecule has 3 saturated heterocycles. The Kier molecular flexibility index (Phi) is 14.7. The number of Topliss-reactive ketones (excluding diaryl/α,β-unsaturated/α-hetero) is 2. The number of cyclic esters (lactones) is 1. The molecule has 3 aliphatic rings. The summed E-state index contributed by atoms with van der Waals surface area (Å²) in [6.07, 6.45) is -3.21. The van der Waals surface area contributed by atoms with Crippen LogP contribution in [0.15, 0.2) is 36.4 Å². The molecular weight excluding hydrogens is 762 g/mol. The Morgan fingerprint density at radius 3 is 2.34 bits per heavy atom. The van der Waals surface area contributed by atoms with Crippen molar-refractivity contribution >= 4 is 34.5 Å². The Morgan fingerprint density at radius 2 is 1.69 bits per heavy atom. The molecule has 3 aliphatic heterocycles. The number of likely N-dealkylation sites (N-methyl/N-ethyl adjacent to an activating group) is 1. The van der Waals surface area contributed by atoms with Gasteiger partial charge in [0.1, 0.15) is 18.0 Å². The predicted molar refractivity (Wildman–Crippen MR) is 219 cm³/mol. The number of carbonyl (C=O) groups excluding carboxylic acids is 4. The van der Waals surface area contributed by atoms with Crippen molar-refractivity contribution in [3.8, 4) is 0 Å². The van der Waals surface area contributed by atoms with Gasteiger partial charge in [0.15, 0.2) is 17.7 Å². The number of methoxy groups -OCH3 is 1. The predicted octanol–water partition coefficient (Wildman–Crippen LogP) is 6.24. The first-order valence-electron chi connectivity index (χ1n) is 21.3. The molecule has 1 amide bonds. The highest BCUT2D eigenvalue weighted by molar-refractivity contribution is 6.08. The zero-order valence-electron chi connectivity index (χ0n) is 36.7. The maximum Gasteiger partial charge on any atom is 0.410 e. The summed E-state index contributed by atoms with van der Waals surface area (Å²) in [5, 5.41) is 12.5. The monoisotopic (exact) mass is 827 g/mol. The van der Waals surface area contributed by atoms with E-state index in [0.717, 1.165) is 23.5 Å². The fraction of sp³-hybridized carbons (Fsp3) is 0.711. The lowest BCUT2D eigenvalue weighted by Gasteiger charge is -2.47. The number of fused-ring (bicyclic) bond motifs is 2. The van der Waals surface area contributed by atoms with Crippen molar-refractivity contribution in [2.24, 2.45) is 17.8 Å². The lowest BCUT2D eigenvalue weighted by atomic mass is 9.72. The van der Waals surface area contributed by atoms with Gasteiger partial charge in [-0.3, -0.25) is 14.6 Å². The molecular formula is C45H66FN3O10. The quantitative estimate of drug-likeness (QED) is 0.155. The van der Waals surface area contributed by atoms with E-state index < -0.39 is 83.1 Å². The number of hydrogen-bond donors (Lipinski definition) is 1. The molecule has 13 nitrogen and oxygen atoms in total. The summed E-state index contributed by atoms with van der Waals surface area (Å²) in [5.41, 5.74) is -4.33. The Bertz CT molecular complexity index is 1830. The fourth-order valence-electron chi connectivity index (χ4n) is 9.84. The summed E-state index contributed by atoms with van der Waals surface area (Å²) in [6.45, 7) is 13.1. The number of esters is 1. The number of carbonyl (C=O) groups is 4. The van der Waals surface area contributed by atoms with E-state index in [2.05, 4.69) is 0 Å². The van der Waals surface area contributed by atoms with Gasteiger partial charge < -0.3 is 38.6 Å². The van der Waals surface area contributed by atoms with E-state index in [1.54, 1.807) is 39.5 Å². The maximum absolute atomic E-state index is 17.0. The van der Waals surface area contributed by atoms with E-state index >= 15 is 4.39 Å². The van der Waals surface area contributed by atoms with Crippen LogP contribution in [0, 0.1) is 17.8 Å². The van der Waals surface area contributed by atoms with Crippen molar-refractivity contribution in [3.63, 3.8) is 0 Å². The number of aliphatic hydroxyl groups is 1. The number of ether oxygens (including phenoxy) is 5. The highest BCUT2D eigenvalue weighted by Crippen LogP contribution is 2.45. The topological polar surface area (TPSA) is 154 Å². The number of benzene rings is 1. The van der Waals surface area contributed by atoms with E-state index in [-0.39, 0.29) is 43.7 Å². The van der Waals surface area contributed by atoms with Crippen LogP contribution in [0.5, 0.6) is 0 Å². The third kappa shape index (κ3) is 9.22. The average Bonchev–Trinajstić information content (AvgIpc) is 3.50. The molecule has 328 valence electrons. The van der Waals surface area contributed by atoms with Gasteiger partial charge in [-0.15, -0.1) is 0 Å². The first-order chi connectivity index (χ1) is 27.8. The minimum Gasteiger partial charge on any atom is -0.455 e. The number of halogens is 1. The molecule has 0 saturated carbocycles. The number of para-hydroxylation sites is 1. The van der Waals surface area contributed by atoms with Crippen LogP contribution in [0.3, 0.4) is 0 Å². The average molecular weight is 828 g/mol. The second kappa shape index (κ2) is 18.6. The van der Waals surface area contributed by atoms with Gasteiger partial charge >= 0.3 is 12.1 Å². The zero-order valence-corrected chi connectivity index (χ0v) is 36.7.